The van der Waals surface area contributed by atoms with E-state index >= 15 is 0 Å². The van der Waals surface area contributed by atoms with Gasteiger partial charge < -0.3 is 5.11 Å². The third-order valence-electron chi connectivity index (χ3n) is 2.32. The summed E-state index contributed by atoms with van der Waals surface area (Å²) in [5.41, 5.74) is -0.622. The predicted octanol–water partition coefficient (Wildman–Crippen LogP) is 2.87. The second kappa shape index (κ2) is 5.99. The maximum atomic E-state index is 12.3. The molecule has 1 N–H and O–H groups in total. The number of rotatable bonds is 4. The number of hydrogen-bond acceptors (Lipinski definition) is 3. The molecule has 0 aromatic heterocycles. The Bertz CT molecular complexity index is 676. The summed E-state index contributed by atoms with van der Waals surface area (Å²) in [6.07, 6.45) is -4.76. The molecule has 0 radical (unpaired) electrons. The third-order valence-corrected chi connectivity index (χ3v) is 4.89. The Balaban J connectivity index is 3.42. The monoisotopic (exact) mass is 365 g/mol. The molecule has 0 saturated carbocycles. The van der Waals surface area contributed by atoms with Crippen LogP contribution in [0, 0.1) is 0 Å². The van der Waals surface area contributed by atoms with Crippen LogP contribution in [-0.2, 0) is 10.0 Å². The first-order chi connectivity index (χ1) is 9.36. The van der Waals surface area contributed by atoms with Crippen molar-refractivity contribution in [3.63, 3.8) is 0 Å². The van der Waals surface area contributed by atoms with Gasteiger partial charge >= 0.3 is 12.1 Å². The standard InChI is InChI=1S/C10H8Cl2F3NO4S/c1-16(4-10(13,14)15)21(19,20)7-3-5(11)2-6(8(7)12)9(17)18/h2-3H,4H2,1H3,(H,17,18). The molecular formula is C10H8Cl2F3NO4S. The van der Waals surface area contributed by atoms with Crippen molar-refractivity contribution in [3.05, 3.63) is 27.7 Å². The Morgan fingerprint density at radius 2 is 1.86 bits per heavy atom. The zero-order valence-corrected chi connectivity index (χ0v) is 12.6. The summed E-state index contributed by atoms with van der Waals surface area (Å²) in [6, 6.07) is 1.69. The fourth-order valence-electron chi connectivity index (χ4n) is 1.41. The van der Waals surface area contributed by atoms with Gasteiger partial charge in [-0.3, -0.25) is 0 Å². The zero-order chi connectivity index (χ0) is 16.6. The van der Waals surface area contributed by atoms with Gasteiger partial charge in [0.2, 0.25) is 10.0 Å². The largest absolute Gasteiger partial charge is 0.478 e. The van der Waals surface area contributed by atoms with Crippen molar-refractivity contribution < 1.29 is 31.5 Å². The van der Waals surface area contributed by atoms with E-state index in [1.807, 2.05) is 0 Å². The van der Waals surface area contributed by atoms with Crippen molar-refractivity contribution in [2.45, 2.75) is 11.1 Å². The minimum Gasteiger partial charge on any atom is -0.478 e. The molecular weight excluding hydrogens is 358 g/mol. The highest BCUT2D eigenvalue weighted by molar-refractivity contribution is 7.89. The number of halogens is 5. The molecule has 11 heteroatoms. The first kappa shape index (κ1) is 18.0. The summed E-state index contributed by atoms with van der Waals surface area (Å²) in [5, 5.41) is 7.88. The number of sulfonamides is 1. The van der Waals surface area contributed by atoms with Crippen molar-refractivity contribution in [1.29, 1.82) is 0 Å². The van der Waals surface area contributed by atoms with Gasteiger partial charge in [-0.25, -0.2) is 13.2 Å². The summed E-state index contributed by atoms with van der Waals surface area (Å²) in [6.45, 7) is -1.75. The van der Waals surface area contributed by atoms with Crippen LogP contribution in [0.25, 0.3) is 0 Å². The quantitative estimate of drug-likeness (QED) is 0.889. The van der Waals surface area contributed by atoms with Crippen LogP contribution in [0.3, 0.4) is 0 Å². The Morgan fingerprint density at radius 3 is 2.29 bits per heavy atom. The lowest BCUT2D eigenvalue weighted by Gasteiger charge is -2.20. The van der Waals surface area contributed by atoms with Crippen LogP contribution in [0.15, 0.2) is 17.0 Å². The molecule has 1 aromatic carbocycles. The molecule has 0 unspecified atom stereocenters. The number of carbonyl (C=O) groups is 1. The summed E-state index contributed by atoms with van der Waals surface area (Å²) < 4.78 is 60.9. The number of alkyl halides is 3. The Morgan fingerprint density at radius 1 is 1.33 bits per heavy atom. The lowest BCUT2D eigenvalue weighted by atomic mass is 10.2. The highest BCUT2D eigenvalue weighted by atomic mass is 35.5. The van der Waals surface area contributed by atoms with Crippen LogP contribution < -0.4 is 0 Å². The van der Waals surface area contributed by atoms with E-state index in [0.29, 0.717) is 7.05 Å². The fourth-order valence-corrected chi connectivity index (χ4v) is 3.44. The summed E-state index contributed by atoms with van der Waals surface area (Å²) in [7, 11) is -3.95. The van der Waals surface area contributed by atoms with E-state index in [9.17, 15) is 26.4 Å². The average molecular weight is 366 g/mol. The van der Waals surface area contributed by atoms with Gasteiger partial charge in [-0.05, 0) is 12.1 Å². The van der Waals surface area contributed by atoms with Gasteiger partial charge in [-0.2, -0.15) is 17.5 Å². The van der Waals surface area contributed by atoms with Crippen molar-refractivity contribution >= 4 is 39.2 Å². The lowest BCUT2D eigenvalue weighted by Crippen LogP contribution is -2.36. The van der Waals surface area contributed by atoms with Crippen LogP contribution in [0.4, 0.5) is 13.2 Å². The van der Waals surface area contributed by atoms with Crippen LogP contribution in [0.1, 0.15) is 10.4 Å². The van der Waals surface area contributed by atoms with Crippen LogP contribution in [0.2, 0.25) is 10.0 Å². The number of benzene rings is 1. The van der Waals surface area contributed by atoms with Gasteiger partial charge in [0.25, 0.3) is 0 Å². The van der Waals surface area contributed by atoms with E-state index in [-0.39, 0.29) is 9.33 Å². The molecule has 118 valence electrons. The van der Waals surface area contributed by atoms with Crippen molar-refractivity contribution in [3.8, 4) is 0 Å². The summed E-state index contributed by atoms with van der Waals surface area (Å²) >= 11 is 11.2. The highest BCUT2D eigenvalue weighted by Crippen LogP contribution is 2.32. The van der Waals surface area contributed by atoms with E-state index in [2.05, 4.69) is 0 Å². The van der Waals surface area contributed by atoms with Crippen LogP contribution in [0.5, 0.6) is 0 Å². The molecule has 0 saturated heterocycles. The molecule has 5 nitrogen and oxygen atoms in total. The molecule has 1 aromatic rings. The Kier molecular flexibility index (Phi) is 5.14. The highest BCUT2D eigenvalue weighted by Gasteiger charge is 2.36. The van der Waals surface area contributed by atoms with Gasteiger partial charge in [0.05, 0.1) is 10.6 Å². The van der Waals surface area contributed by atoms with Gasteiger partial charge in [0.1, 0.15) is 11.4 Å². The molecule has 0 aliphatic heterocycles. The number of hydrogen-bond donors (Lipinski definition) is 1. The van der Waals surface area contributed by atoms with Gasteiger partial charge in [-0.15, -0.1) is 0 Å². The van der Waals surface area contributed by atoms with Crippen molar-refractivity contribution in [2.75, 3.05) is 13.6 Å². The van der Waals surface area contributed by atoms with Crippen molar-refractivity contribution in [1.82, 2.24) is 4.31 Å². The first-order valence-electron chi connectivity index (χ1n) is 5.11. The molecule has 0 spiro atoms. The molecule has 0 amide bonds. The van der Waals surface area contributed by atoms with E-state index in [1.165, 1.54) is 0 Å². The van der Waals surface area contributed by atoms with Crippen LogP contribution in [-0.4, -0.2) is 43.6 Å². The minimum absolute atomic E-state index is 0.0101. The summed E-state index contributed by atoms with van der Waals surface area (Å²) in [4.78, 5) is 10.1. The predicted molar refractivity (Wildman–Crippen MR) is 69.3 cm³/mol. The Hall–Kier alpha value is -1.03. The number of carboxylic acids is 1. The maximum Gasteiger partial charge on any atom is 0.402 e. The first-order valence-corrected chi connectivity index (χ1v) is 7.31. The van der Waals surface area contributed by atoms with Crippen molar-refractivity contribution in [2.24, 2.45) is 0 Å². The van der Waals surface area contributed by atoms with E-state index in [4.69, 9.17) is 28.3 Å². The smallest absolute Gasteiger partial charge is 0.402 e. The molecule has 0 aliphatic carbocycles. The molecule has 0 bridgehead atoms. The maximum absolute atomic E-state index is 12.3. The number of aromatic carboxylic acids is 1. The van der Waals surface area contributed by atoms with Gasteiger partial charge in [0, 0.05) is 12.1 Å². The molecule has 0 aliphatic rings. The van der Waals surface area contributed by atoms with E-state index in [1.54, 1.807) is 0 Å². The topological polar surface area (TPSA) is 74.7 Å². The SMILES string of the molecule is CN(CC(F)(F)F)S(=O)(=O)c1cc(Cl)cc(C(=O)O)c1Cl. The lowest BCUT2D eigenvalue weighted by molar-refractivity contribution is -0.134. The molecule has 21 heavy (non-hydrogen) atoms. The molecule has 1 rings (SSSR count). The molecule has 0 atom stereocenters. The van der Waals surface area contributed by atoms with Crippen LogP contribution >= 0.6 is 23.2 Å². The zero-order valence-electron chi connectivity index (χ0n) is 10.3. The molecule has 0 fully saturated rings. The third kappa shape index (κ3) is 4.22. The average Bonchev–Trinajstić information content (AvgIpc) is 2.28. The second-order valence-electron chi connectivity index (χ2n) is 3.95. The number of carboxylic acid groups (broad SMARTS) is 1. The van der Waals surface area contributed by atoms with Gasteiger partial charge in [0.15, 0.2) is 0 Å². The number of nitrogens with zero attached hydrogens (tertiary/aromatic N) is 1. The minimum atomic E-state index is -4.76. The van der Waals surface area contributed by atoms with E-state index in [0.717, 1.165) is 12.1 Å². The Labute approximate surface area is 127 Å². The summed E-state index contributed by atoms with van der Waals surface area (Å²) in [5.74, 6) is -1.56. The van der Waals surface area contributed by atoms with E-state index < -0.39 is 44.2 Å². The molecule has 0 heterocycles. The fraction of sp³-hybridized carbons (Fsp3) is 0.300. The van der Waals surface area contributed by atoms with Gasteiger partial charge in [-0.1, -0.05) is 23.2 Å². The second-order valence-corrected chi connectivity index (χ2v) is 6.77. The normalized spacial score (nSPS) is 12.7.